The SMILES string of the molecule is CCCCC(O)Cn1ccnc1. The van der Waals surface area contributed by atoms with E-state index >= 15 is 0 Å². The molecule has 0 bridgehead atoms. The van der Waals surface area contributed by atoms with E-state index in [1.165, 1.54) is 0 Å². The molecule has 1 heterocycles. The molecule has 1 unspecified atom stereocenters. The highest BCUT2D eigenvalue weighted by Gasteiger charge is 2.02. The van der Waals surface area contributed by atoms with Crippen LogP contribution in [0.3, 0.4) is 0 Å². The quantitative estimate of drug-likeness (QED) is 0.722. The van der Waals surface area contributed by atoms with Gasteiger partial charge in [-0.3, -0.25) is 0 Å². The fourth-order valence-electron chi connectivity index (χ4n) is 1.17. The summed E-state index contributed by atoms with van der Waals surface area (Å²) in [6, 6.07) is 0. The third-order valence-corrected chi connectivity index (χ3v) is 1.87. The minimum absolute atomic E-state index is 0.223. The first-order valence-electron chi connectivity index (χ1n) is 4.46. The number of unbranched alkanes of at least 4 members (excludes halogenated alkanes) is 1. The molecule has 0 aromatic carbocycles. The summed E-state index contributed by atoms with van der Waals surface area (Å²) in [4.78, 5) is 3.91. The fraction of sp³-hybridized carbons (Fsp3) is 0.667. The van der Waals surface area contributed by atoms with E-state index in [4.69, 9.17) is 0 Å². The van der Waals surface area contributed by atoms with Gasteiger partial charge < -0.3 is 9.67 Å². The lowest BCUT2D eigenvalue weighted by Gasteiger charge is -2.09. The van der Waals surface area contributed by atoms with Crippen molar-refractivity contribution in [3.05, 3.63) is 18.7 Å². The Balaban J connectivity index is 2.22. The number of hydrogen-bond acceptors (Lipinski definition) is 2. The summed E-state index contributed by atoms with van der Waals surface area (Å²) in [7, 11) is 0. The first kappa shape index (κ1) is 9.26. The summed E-state index contributed by atoms with van der Waals surface area (Å²) < 4.78 is 1.90. The molecule has 0 saturated heterocycles. The van der Waals surface area contributed by atoms with Gasteiger partial charge in [0.25, 0.3) is 0 Å². The maximum absolute atomic E-state index is 9.50. The molecule has 0 radical (unpaired) electrons. The Hall–Kier alpha value is -0.830. The molecule has 3 heteroatoms. The average molecular weight is 168 g/mol. The van der Waals surface area contributed by atoms with Gasteiger partial charge in [-0.2, -0.15) is 0 Å². The summed E-state index contributed by atoms with van der Waals surface area (Å²) >= 11 is 0. The minimum atomic E-state index is -0.223. The summed E-state index contributed by atoms with van der Waals surface area (Å²) in [5.74, 6) is 0. The van der Waals surface area contributed by atoms with Crippen molar-refractivity contribution >= 4 is 0 Å². The van der Waals surface area contributed by atoms with E-state index in [9.17, 15) is 5.11 Å². The van der Waals surface area contributed by atoms with Gasteiger partial charge in [0.05, 0.1) is 12.4 Å². The summed E-state index contributed by atoms with van der Waals surface area (Å²) in [5, 5.41) is 9.50. The molecule has 0 aliphatic carbocycles. The minimum Gasteiger partial charge on any atom is -0.391 e. The molecule has 0 spiro atoms. The highest BCUT2D eigenvalue weighted by Crippen LogP contribution is 2.02. The second-order valence-corrected chi connectivity index (χ2v) is 3.06. The first-order valence-corrected chi connectivity index (χ1v) is 4.46. The average Bonchev–Trinajstić information content (AvgIpc) is 2.53. The molecule has 0 aliphatic rings. The smallest absolute Gasteiger partial charge is 0.0946 e. The van der Waals surface area contributed by atoms with E-state index in [2.05, 4.69) is 11.9 Å². The predicted molar refractivity (Wildman–Crippen MR) is 47.8 cm³/mol. The molecule has 0 saturated carbocycles. The molecule has 1 aromatic rings. The Kier molecular flexibility index (Phi) is 3.80. The van der Waals surface area contributed by atoms with Crippen LogP contribution in [0.4, 0.5) is 0 Å². The Bertz CT molecular complexity index is 196. The van der Waals surface area contributed by atoms with Gasteiger partial charge in [0.2, 0.25) is 0 Å². The molecule has 1 atom stereocenters. The van der Waals surface area contributed by atoms with Crippen LogP contribution in [0, 0.1) is 0 Å². The topological polar surface area (TPSA) is 38.0 Å². The molecule has 0 fully saturated rings. The maximum atomic E-state index is 9.50. The van der Waals surface area contributed by atoms with Gasteiger partial charge in [-0.05, 0) is 6.42 Å². The van der Waals surface area contributed by atoms with Gasteiger partial charge in [-0.25, -0.2) is 4.98 Å². The van der Waals surface area contributed by atoms with Crippen molar-refractivity contribution in [1.29, 1.82) is 0 Å². The van der Waals surface area contributed by atoms with Crippen molar-refractivity contribution in [1.82, 2.24) is 9.55 Å². The normalized spacial score (nSPS) is 13.2. The largest absolute Gasteiger partial charge is 0.391 e. The van der Waals surface area contributed by atoms with E-state index in [0.29, 0.717) is 6.54 Å². The Labute approximate surface area is 73.1 Å². The van der Waals surface area contributed by atoms with Crippen molar-refractivity contribution in [2.75, 3.05) is 0 Å². The van der Waals surface area contributed by atoms with Gasteiger partial charge in [-0.1, -0.05) is 19.8 Å². The van der Waals surface area contributed by atoms with E-state index in [1.54, 1.807) is 12.5 Å². The van der Waals surface area contributed by atoms with Crippen molar-refractivity contribution in [3.63, 3.8) is 0 Å². The molecular weight excluding hydrogens is 152 g/mol. The Morgan fingerprint density at radius 3 is 3.00 bits per heavy atom. The van der Waals surface area contributed by atoms with E-state index in [1.807, 2.05) is 10.8 Å². The molecule has 0 amide bonds. The van der Waals surface area contributed by atoms with Crippen LogP contribution < -0.4 is 0 Å². The van der Waals surface area contributed by atoms with Crippen LogP contribution in [0.1, 0.15) is 26.2 Å². The molecule has 1 aromatic heterocycles. The van der Waals surface area contributed by atoms with Gasteiger partial charge in [-0.15, -0.1) is 0 Å². The highest BCUT2D eigenvalue weighted by molar-refractivity contribution is 4.75. The van der Waals surface area contributed by atoms with Gasteiger partial charge in [0.15, 0.2) is 0 Å². The number of rotatable bonds is 5. The van der Waals surface area contributed by atoms with Crippen LogP contribution in [0.25, 0.3) is 0 Å². The molecule has 0 aliphatic heterocycles. The number of aliphatic hydroxyl groups is 1. The summed E-state index contributed by atoms with van der Waals surface area (Å²) in [6.45, 7) is 2.80. The van der Waals surface area contributed by atoms with Crippen molar-refractivity contribution in [2.24, 2.45) is 0 Å². The lowest BCUT2D eigenvalue weighted by atomic mass is 10.1. The first-order chi connectivity index (χ1) is 5.83. The zero-order valence-corrected chi connectivity index (χ0v) is 7.48. The zero-order valence-electron chi connectivity index (χ0n) is 7.48. The van der Waals surface area contributed by atoms with Crippen LogP contribution in [0.2, 0.25) is 0 Å². The number of hydrogen-bond donors (Lipinski definition) is 1. The lowest BCUT2D eigenvalue weighted by Crippen LogP contribution is -2.14. The van der Waals surface area contributed by atoms with Gasteiger partial charge in [0, 0.05) is 18.9 Å². The van der Waals surface area contributed by atoms with Crippen molar-refractivity contribution in [2.45, 2.75) is 38.8 Å². The van der Waals surface area contributed by atoms with Gasteiger partial charge >= 0.3 is 0 Å². The fourth-order valence-corrected chi connectivity index (χ4v) is 1.17. The van der Waals surface area contributed by atoms with E-state index in [-0.39, 0.29) is 6.10 Å². The van der Waals surface area contributed by atoms with Crippen LogP contribution in [-0.2, 0) is 6.54 Å². The van der Waals surface area contributed by atoms with Crippen LogP contribution in [-0.4, -0.2) is 20.8 Å². The Morgan fingerprint density at radius 2 is 2.42 bits per heavy atom. The van der Waals surface area contributed by atoms with Crippen molar-refractivity contribution < 1.29 is 5.11 Å². The zero-order chi connectivity index (χ0) is 8.81. The third-order valence-electron chi connectivity index (χ3n) is 1.87. The van der Waals surface area contributed by atoms with Crippen LogP contribution >= 0.6 is 0 Å². The van der Waals surface area contributed by atoms with Crippen molar-refractivity contribution in [3.8, 4) is 0 Å². The molecule has 1 N–H and O–H groups in total. The standard InChI is InChI=1S/C9H16N2O/c1-2-3-4-9(12)7-11-6-5-10-8-11/h5-6,8-9,12H,2-4,7H2,1H3. The molecule has 12 heavy (non-hydrogen) atoms. The monoisotopic (exact) mass is 168 g/mol. The predicted octanol–water partition coefficient (Wildman–Crippen LogP) is 1.43. The van der Waals surface area contributed by atoms with E-state index in [0.717, 1.165) is 19.3 Å². The number of nitrogens with zero attached hydrogens (tertiary/aromatic N) is 2. The number of imidazole rings is 1. The molecular formula is C9H16N2O. The molecule has 3 nitrogen and oxygen atoms in total. The third kappa shape index (κ3) is 3.05. The summed E-state index contributed by atoms with van der Waals surface area (Å²) in [5.41, 5.74) is 0. The summed E-state index contributed by atoms with van der Waals surface area (Å²) in [6.07, 6.45) is 8.22. The van der Waals surface area contributed by atoms with E-state index < -0.39 is 0 Å². The maximum Gasteiger partial charge on any atom is 0.0946 e. The van der Waals surface area contributed by atoms with Crippen LogP contribution in [0.15, 0.2) is 18.7 Å². The molecule has 68 valence electrons. The second kappa shape index (κ2) is 4.93. The second-order valence-electron chi connectivity index (χ2n) is 3.06. The Morgan fingerprint density at radius 1 is 1.58 bits per heavy atom. The molecule has 1 rings (SSSR count). The number of aliphatic hydroxyl groups excluding tert-OH is 1. The highest BCUT2D eigenvalue weighted by atomic mass is 16.3. The van der Waals surface area contributed by atoms with Gasteiger partial charge in [0.1, 0.15) is 0 Å². The van der Waals surface area contributed by atoms with Crippen LogP contribution in [0.5, 0.6) is 0 Å². The lowest BCUT2D eigenvalue weighted by molar-refractivity contribution is 0.141. The number of aromatic nitrogens is 2.